The lowest BCUT2D eigenvalue weighted by Crippen LogP contribution is -2.43. The van der Waals surface area contributed by atoms with Gasteiger partial charge >= 0.3 is 0 Å². The van der Waals surface area contributed by atoms with Gasteiger partial charge in [0.25, 0.3) is 15.9 Å². The Hall–Kier alpha value is -2.09. The number of benzene rings is 2. The highest BCUT2D eigenvalue weighted by Gasteiger charge is 2.23. The Balaban J connectivity index is 0.00000261. The number of anilines is 1. The van der Waals surface area contributed by atoms with Crippen LogP contribution >= 0.6 is 12.4 Å². The molecule has 0 atom stereocenters. The van der Waals surface area contributed by atoms with E-state index in [1.165, 1.54) is 12.1 Å². The third kappa shape index (κ3) is 5.22. The molecule has 1 aliphatic heterocycles. The fraction of sp³-hybridized carbons (Fsp3) is 0.316. The summed E-state index contributed by atoms with van der Waals surface area (Å²) in [7, 11) is -1.87. The summed E-state index contributed by atoms with van der Waals surface area (Å²) >= 11 is 0. The van der Waals surface area contributed by atoms with Crippen LogP contribution in [-0.2, 0) is 10.0 Å². The van der Waals surface area contributed by atoms with Crippen molar-refractivity contribution in [3.63, 3.8) is 0 Å². The zero-order chi connectivity index (χ0) is 18.6. The number of piperidine rings is 1. The second-order valence-electron chi connectivity index (χ2n) is 6.39. The van der Waals surface area contributed by atoms with E-state index in [9.17, 15) is 13.2 Å². The number of hydrogen-bond donors (Lipinski definition) is 2. The molecule has 2 aromatic carbocycles. The number of amides is 1. The third-order valence-electron chi connectivity index (χ3n) is 4.61. The Morgan fingerprint density at radius 3 is 2.22 bits per heavy atom. The minimum Gasteiger partial charge on any atom is -0.339 e. The summed E-state index contributed by atoms with van der Waals surface area (Å²) in [5.74, 6) is -0.0862. The molecule has 1 heterocycles. The Morgan fingerprint density at radius 1 is 1.04 bits per heavy atom. The number of carbonyl (C=O) groups excluding carboxylic acids is 1. The number of carbonyl (C=O) groups is 1. The lowest BCUT2D eigenvalue weighted by atomic mass is 10.0. The molecule has 3 rings (SSSR count). The second kappa shape index (κ2) is 9.21. The molecular weight excluding hydrogens is 386 g/mol. The Morgan fingerprint density at radius 2 is 1.63 bits per heavy atom. The van der Waals surface area contributed by atoms with Crippen molar-refractivity contribution in [2.24, 2.45) is 0 Å². The monoisotopic (exact) mass is 409 g/mol. The van der Waals surface area contributed by atoms with Crippen LogP contribution in [0.15, 0.2) is 59.5 Å². The molecule has 0 bridgehead atoms. The molecule has 6 nitrogen and oxygen atoms in total. The normalized spacial score (nSPS) is 14.9. The molecule has 1 saturated heterocycles. The number of rotatable bonds is 5. The average Bonchev–Trinajstić information content (AvgIpc) is 2.68. The van der Waals surface area contributed by atoms with Crippen molar-refractivity contribution in [3.8, 4) is 0 Å². The fourth-order valence-electron chi connectivity index (χ4n) is 3.06. The topological polar surface area (TPSA) is 78.5 Å². The van der Waals surface area contributed by atoms with Crippen LogP contribution < -0.4 is 10.0 Å². The van der Waals surface area contributed by atoms with Crippen molar-refractivity contribution in [2.45, 2.75) is 23.8 Å². The maximum atomic E-state index is 12.6. The van der Waals surface area contributed by atoms with Crippen LogP contribution in [0.25, 0.3) is 0 Å². The lowest BCUT2D eigenvalue weighted by Gasteiger charge is -2.31. The number of nitrogens with one attached hydrogen (secondary N) is 2. The summed E-state index contributed by atoms with van der Waals surface area (Å²) in [4.78, 5) is 14.5. The molecule has 0 saturated carbocycles. The molecule has 1 fully saturated rings. The second-order valence-corrected chi connectivity index (χ2v) is 8.08. The van der Waals surface area contributed by atoms with Crippen LogP contribution in [0.1, 0.15) is 23.2 Å². The van der Waals surface area contributed by atoms with Gasteiger partial charge in [0.1, 0.15) is 0 Å². The molecule has 8 heteroatoms. The minimum atomic E-state index is -3.68. The first kappa shape index (κ1) is 21.2. The Labute approximate surface area is 166 Å². The zero-order valence-electron chi connectivity index (χ0n) is 15.1. The van der Waals surface area contributed by atoms with Gasteiger partial charge in [-0.2, -0.15) is 0 Å². The third-order valence-corrected chi connectivity index (χ3v) is 6.01. The smallest absolute Gasteiger partial charge is 0.261 e. The number of halogens is 1. The lowest BCUT2D eigenvalue weighted by molar-refractivity contribution is 0.0703. The van der Waals surface area contributed by atoms with Crippen LogP contribution in [0.2, 0.25) is 0 Å². The molecule has 1 amide bonds. The first-order valence-electron chi connectivity index (χ1n) is 8.63. The van der Waals surface area contributed by atoms with E-state index in [1.54, 1.807) is 48.3 Å². The summed E-state index contributed by atoms with van der Waals surface area (Å²) in [6.07, 6.45) is 1.85. The van der Waals surface area contributed by atoms with Crippen molar-refractivity contribution in [2.75, 3.05) is 24.9 Å². The van der Waals surface area contributed by atoms with Crippen LogP contribution in [0, 0.1) is 0 Å². The largest absolute Gasteiger partial charge is 0.339 e. The average molecular weight is 410 g/mol. The van der Waals surface area contributed by atoms with Gasteiger partial charge < -0.3 is 10.2 Å². The van der Waals surface area contributed by atoms with Crippen molar-refractivity contribution in [1.82, 2.24) is 10.2 Å². The molecule has 146 valence electrons. The van der Waals surface area contributed by atoms with E-state index in [2.05, 4.69) is 10.0 Å². The number of nitrogens with zero attached hydrogens (tertiary/aromatic N) is 1. The summed E-state index contributed by atoms with van der Waals surface area (Å²) in [5.41, 5.74) is 0.989. The maximum absolute atomic E-state index is 12.6. The van der Waals surface area contributed by atoms with Gasteiger partial charge in [0.05, 0.1) is 4.90 Å². The van der Waals surface area contributed by atoms with Crippen LogP contribution in [0.3, 0.4) is 0 Å². The number of hydrogen-bond acceptors (Lipinski definition) is 4. The van der Waals surface area contributed by atoms with E-state index in [4.69, 9.17) is 0 Å². The summed E-state index contributed by atoms with van der Waals surface area (Å²) in [5, 5.41) is 3.28. The van der Waals surface area contributed by atoms with E-state index >= 15 is 0 Å². The summed E-state index contributed by atoms with van der Waals surface area (Å²) in [6, 6.07) is 15.0. The Bertz CT molecular complexity index is 852. The van der Waals surface area contributed by atoms with Gasteiger partial charge in [0, 0.05) is 24.3 Å². The van der Waals surface area contributed by atoms with Gasteiger partial charge in [-0.1, -0.05) is 18.2 Å². The van der Waals surface area contributed by atoms with E-state index in [0.29, 0.717) is 11.3 Å². The zero-order valence-corrected chi connectivity index (χ0v) is 16.7. The van der Waals surface area contributed by atoms with Crippen LogP contribution in [0.5, 0.6) is 0 Å². The van der Waals surface area contributed by atoms with Crippen molar-refractivity contribution < 1.29 is 13.2 Å². The molecule has 1 aliphatic rings. The highest BCUT2D eigenvalue weighted by molar-refractivity contribution is 7.92. The standard InChI is InChI=1S/C19H23N3O3S.ClH/c1-22(17-11-13-20-14-12-17)19(23)15-7-9-18(10-8-15)26(24,25)21-16-5-3-2-4-6-16;/h2-10,17,20-21H,11-14H2,1H3;1H. The number of sulfonamides is 1. The molecule has 27 heavy (non-hydrogen) atoms. The van der Waals surface area contributed by atoms with E-state index in [0.717, 1.165) is 25.9 Å². The van der Waals surface area contributed by atoms with Crippen LogP contribution in [-0.4, -0.2) is 45.4 Å². The molecule has 0 radical (unpaired) electrons. The van der Waals surface area contributed by atoms with Gasteiger partial charge in [-0.15, -0.1) is 12.4 Å². The van der Waals surface area contributed by atoms with Gasteiger partial charge in [-0.25, -0.2) is 8.42 Å². The predicted molar refractivity (Wildman–Crippen MR) is 109 cm³/mol. The van der Waals surface area contributed by atoms with Gasteiger partial charge in [-0.3, -0.25) is 9.52 Å². The maximum Gasteiger partial charge on any atom is 0.261 e. The minimum absolute atomic E-state index is 0. The fourth-order valence-corrected chi connectivity index (χ4v) is 4.12. The van der Waals surface area contributed by atoms with Gasteiger partial charge in [-0.05, 0) is 62.3 Å². The predicted octanol–water partition coefficient (Wildman–Crippen LogP) is 2.73. The van der Waals surface area contributed by atoms with E-state index in [1.807, 2.05) is 6.07 Å². The van der Waals surface area contributed by atoms with Crippen molar-refractivity contribution in [3.05, 3.63) is 60.2 Å². The first-order valence-corrected chi connectivity index (χ1v) is 10.1. The molecular formula is C19H24ClN3O3S. The summed E-state index contributed by atoms with van der Waals surface area (Å²) in [6.45, 7) is 1.81. The highest BCUT2D eigenvalue weighted by atomic mass is 35.5. The first-order chi connectivity index (χ1) is 12.5. The Kier molecular flexibility index (Phi) is 7.24. The molecule has 0 unspecified atom stereocenters. The van der Waals surface area contributed by atoms with E-state index < -0.39 is 10.0 Å². The molecule has 2 N–H and O–H groups in total. The quantitative estimate of drug-likeness (QED) is 0.795. The molecule has 0 aliphatic carbocycles. The van der Waals surface area contributed by atoms with Gasteiger partial charge in [0.2, 0.25) is 0 Å². The van der Waals surface area contributed by atoms with Crippen LogP contribution in [0.4, 0.5) is 5.69 Å². The molecule has 2 aromatic rings. The van der Waals surface area contributed by atoms with Crippen molar-refractivity contribution >= 4 is 34.0 Å². The molecule has 0 spiro atoms. The molecule has 0 aromatic heterocycles. The summed E-state index contributed by atoms with van der Waals surface area (Å²) < 4.78 is 27.4. The SMILES string of the molecule is CN(C(=O)c1ccc(S(=O)(=O)Nc2ccccc2)cc1)C1CCNCC1.Cl. The number of para-hydroxylation sites is 1. The van der Waals surface area contributed by atoms with Crippen molar-refractivity contribution in [1.29, 1.82) is 0 Å². The highest BCUT2D eigenvalue weighted by Crippen LogP contribution is 2.18. The van der Waals surface area contributed by atoms with Gasteiger partial charge in [0.15, 0.2) is 0 Å². The van der Waals surface area contributed by atoms with E-state index in [-0.39, 0.29) is 29.3 Å².